The lowest BCUT2D eigenvalue weighted by Gasteiger charge is -2.50. The summed E-state index contributed by atoms with van der Waals surface area (Å²) >= 11 is 0. The first-order valence-electron chi connectivity index (χ1n) is 13.6. The van der Waals surface area contributed by atoms with Crippen LogP contribution in [0.3, 0.4) is 0 Å². The van der Waals surface area contributed by atoms with E-state index in [0.29, 0.717) is 49.0 Å². The number of urea groups is 1. The van der Waals surface area contributed by atoms with Gasteiger partial charge >= 0.3 is 6.03 Å². The van der Waals surface area contributed by atoms with Gasteiger partial charge < -0.3 is 9.52 Å². The van der Waals surface area contributed by atoms with Gasteiger partial charge in [0.2, 0.25) is 17.7 Å². The fraction of sp³-hybridized carbons (Fsp3) is 0.367. The van der Waals surface area contributed by atoms with E-state index in [9.17, 15) is 14.7 Å². The smallest absolute Gasteiger partial charge is 0.328 e. The van der Waals surface area contributed by atoms with Crippen molar-refractivity contribution in [2.24, 2.45) is 5.41 Å². The summed E-state index contributed by atoms with van der Waals surface area (Å²) in [4.78, 5) is 31.9. The van der Waals surface area contributed by atoms with Gasteiger partial charge in [-0.05, 0) is 36.2 Å². The predicted molar refractivity (Wildman–Crippen MR) is 149 cm³/mol. The normalized spacial score (nSPS) is 21.3. The third-order valence-electron chi connectivity index (χ3n) is 8.26. The Balaban J connectivity index is 1.23. The summed E-state index contributed by atoms with van der Waals surface area (Å²) in [6, 6.07) is 12.3. The molecule has 0 unspecified atom stereocenters. The Hall–Kier alpha value is -4.22. The highest BCUT2D eigenvalue weighted by Gasteiger charge is 2.50. The molecule has 0 radical (unpaired) electrons. The molecule has 2 fully saturated rings. The van der Waals surface area contributed by atoms with Crippen molar-refractivity contribution in [1.29, 1.82) is 0 Å². The number of aryl methyl sites for hydroxylation is 1. The minimum Gasteiger partial charge on any atom is -0.421 e. The Morgan fingerprint density at radius 3 is 2.56 bits per heavy atom. The van der Waals surface area contributed by atoms with Gasteiger partial charge in [0.1, 0.15) is 5.82 Å². The molecule has 1 atom stereocenters. The van der Waals surface area contributed by atoms with Gasteiger partial charge in [-0.2, -0.15) is 0 Å². The quantitative estimate of drug-likeness (QED) is 0.372. The molecule has 41 heavy (non-hydrogen) atoms. The molecule has 11 heteroatoms. The van der Waals surface area contributed by atoms with Gasteiger partial charge in [-0.3, -0.25) is 24.9 Å². The Kier molecular flexibility index (Phi) is 6.58. The van der Waals surface area contributed by atoms with Crippen LogP contribution in [0.5, 0.6) is 0 Å². The maximum Gasteiger partial charge on any atom is 0.328 e. The molecule has 2 aliphatic heterocycles. The number of aromatic nitrogens is 3. The third-order valence-corrected chi connectivity index (χ3v) is 8.26. The van der Waals surface area contributed by atoms with Crippen LogP contribution >= 0.6 is 0 Å². The fourth-order valence-corrected chi connectivity index (χ4v) is 5.92. The molecular formula is C30H31FN6O4. The number of pyridine rings is 1. The SMILES string of the molecule is Cc1nnc(-c2ccc(CN3CC[C@@](O)(c4ccc5ncc(N6CCC(=O)NC6=O)cc5c4F)C(C)(C)C3)cc2)o1. The first-order valence-corrected chi connectivity index (χ1v) is 13.6. The van der Waals surface area contributed by atoms with Gasteiger partial charge in [0.05, 0.1) is 23.0 Å². The highest BCUT2D eigenvalue weighted by Crippen LogP contribution is 2.48. The van der Waals surface area contributed by atoms with Crippen molar-refractivity contribution >= 4 is 28.5 Å². The number of rotatable bonds is 5. The first-order chi connectivity index (χ1) is 19.5. The zero-order chi connectivity index (χ0) is 28.9. The lowest BCUT2D eigenvalue weighted by atomic mass is 9.66. The molecule has 3 amide bonds. The Bertz CT molecular complexity index is 1650. The van der Waals surface area contributed by atoms with Crippen molar-refractivity contribution in [3.63, 3.8) is 0 Å². The van der Waals surface area contributed by atoms with Gasteiger partial charge in [0, 0.05) is 61.5 Å². The van der Waals surface area contributed by atoms with Crippen LogP contribution in [0.15, 0.2) is 53.1 Å². The van der Waals surface area contributed by atoms with E-state index in [1.165, 1.54) is 11.1 Å². The second-order valence-corrected chi connectivity index (χ2v) is 11.5. The molecule has 0 spiro atoms. The van der Waals surface area contributed by atoms with Crippen molar-refractivity contribution in [3.05, 3.63) is 71.5 Å². The average molecular weight is 559 g/mol. The zero-order valence-corrected chi connectivity index (χ0v) is 23.1. The van der Waals surface area contributed by atoms with Crippen molar-refractivity contribution < 1.29 is 23.5 Å². The lowest BCUT2D eigenvalue weighted by Crippen LogP contribution is -2.55. The molecule has 10 nitrogen and oxygen atoms in total. The molecule has 0 saturated carbocycles. The molecule has 212 valence electrons. The summed E-state index contributed by atoms with van der Waals surface area (Å²) in [5, 5.41) is 22.5. The van der Waals surface area contributed by atoms with E-state index < -0.39 is 22.9 Å². The summed E-state index contributed by atoms with van der Waals surface area (Å²) in [5.41, 5.74) is 0.866. The minimum absolute atomic E-state index is 0.152. The number of nitrogens with zero attached hydrogens (tertiary/aromatic N) is 5. The van der Waals surface area contributed by atoms with Crippen LogP contribution < -0.4 is 10.2 Å². The van der Waals surface area contributed by atoms with Crippen LogP contribution in [0.1, 0.15) is 43.7 Å². The van der Waals surface area contributed by atoms with Gasteiger partial charge in [0.15, 0.2) is 0 Å². The fourth-order valence-electron chi connectivity index (χ4n) is 5.92. The average Bonchev–Trinajstić information content (AvgIpc) is 3.37. The third kappa shape index (κ3) is 4.85. The number of benzene rings is 2. The largest absolute Gasteiger partial charge is 0.421 e. The van der Waals surface area contributed by atoms with Crippen molar-refractivity contribution in [1.82, 2.24) is 25.4 Å². The molecule has 2 aromatic carbocycles. The molecule has 2 N–H and O–H groups in total. The summed E-state index contributed by atoms with van der Waals surface area (Å²) < 4.78 is 21.7. The number of piperidine rings is 1. The van der Waals surface area contributed by atoms with E-state index in [1.54, 1.807) is 25.1 Å². The Morgan fingerprint density at radius 1 is 1.10 bits per heavy atom. The van der Waals surface area contributed by atoms with E-state index in [4.69, 9.17) is 4.42 Å². The molecule has 0 bridgehead atoms. The summed E-state index contributed by atoms with van der Waals surface area (Å²) in [5.74, 6) is 0.0901. The molecule has 6 rings (SSSR count). The monoisotopic (exact) mass is 558 g/mol. The van der Waals surface area contributed by atoms with Crippen molar-refractivity contribution in [2.75, 3.05) is 24.5 Å². The topological polar surface area (TPSA) is 125 Å². The minimum atomic E-state index is -1.42. The second-order valence-electron chi connectivity index (χ2n) is 11.5. The van der Waals surface area contributed by atoms with Crippen molar-refractivity contribution in [3.8, 4) is 11.5 Å². The van der Waals surface area contributed by atoms with Crippen LogP contribution in [0, 0.1) is 18.2 Å². The maximum absolute atomic E-state index is 16.2. The number of amides is 3. The number of aliphatic hydroxyl groups is 1. The number of carbonyl (C=O) groups is 2. The predicted octanol–water partition coefficient (Wildman–Crippen LogP) is 4.30. The number of nitrogens with one attached hydrogen (secondary N) is 1. The molecule has 2 saturated heterocycles. The second kappa shape index (κ2) is 10.0. The number of hydrogen-bond donors (Lipinski definition) is 2. The molecule has 2 aliphatic rings. The molecule has 4 heterocycles. The van der Waals surface area contributed by atoms with Gasteiger partial charge in [-0.25, -0.2) is 9.18 Å². The first kappa shape index (κ1) is 27.0. The molecule has 2 aromatic heterocycles. The van der Waals surface area contributed by atoms with Crippen LogP contribution in [-0.2, 0) is 16.9 Å². The highest BCUT2D eigenvalue weighted by molar-refractivity contribution is 6.06. The highest BCUT2D eigenvalue weighted by atomic mass is 19.1. The number of fused-ring (bicyclic) bond motifs is 1. The summed E-state index contributed by atoms with van der Waals surface area (Å²) in [6.45, 7) is 7.64. The number of likely N-dealkylation sites (tertiary alicyclic amines) is 1. The molecule has 0 aliphatic carbocycles. The Labute approximate surface area is 236 Å². The van der Waals surface area contributed by atoms with Gasteiger partial charge in [0.25, 0.3) is 0 Å². The summed E-state index contributed by atoms with van der Waals surface area (Å²) in [6.07, 6.45) is 1.98. The van der Waals surface area contributed by atoms with E-state index in [-0.39, 0.29) is 29.8 Å². The Morgan fingerprint density at radius 2 is 1.88 bits per heavy atom. The summed E-state index contributed by atoms with van der Waals surface area (Å²) in [7, 11) is 0. The van der Waals surface area contributed by atoms with E-state index in [1.807, 2.05) is 38.1 Å². The molecule has 4 aromatic rings. The van der Waals surface area contributed by atoms with Crippen molar-refractivity contribution in [2.45, 2.75) is 45.8 Å². The van der Waals surface area contributed by atoms with E-state index in [0.717, 1.165) is 11.1 Å². The number of anilines is 1. The van der Waals surface area contributed by atoms with E-state index >= 15 is 4.39 Å². The van der Waals surface area contributed by atoms with Gasteiger partial charge in [-0.15, -0.1) is 10.2 Å². The number of hydrogen-bond acceptors (Lipinski definition) is 8. The van der Waals surface area contributed by atoms with Crippen LogP contribution in [0.2, 0.25) is 0 Å². The van der Waals surface area contributed by atoms with Gasteiger partial charge in [-0.1, -0.05) is 32.0 Å². The van der Waals surface area contributed by atoms with E-state index in [2.05, 4.69) is 25.4 Å². The number of imide groups is 1. The maximum atomic E-state index is 16.2. The lowest BCUT2D eigenvalue weighted by molar-refractivity contribution is -0.128. The molecular weight excluding hydrogens is 527 g/mol. The zero-order valence-electron chi connectivity index (χ0n) is 23.1. The standard InChI is InChI=1S/C30H31FN6O4/c1-18-34-35-27(41-18)20-6-4-19(5-7-20)16-36-13-11-30(40,29(2,3)17-36)23-8-9-24-22(26(23)31)14-21(15-32-24)37-12-10-25(38)33-28(37)39/h4-9,14-15,40H,10-13,16-17H2,1-3H3,(H,33,38,39)/t30-/m1/s1. The van der Waals surface area contributed by atoms with Crippen LogP contribution in [-0.4, -0.2) is 56.8 Å². The van der Waals surface area contributed by atoms with Crippen LogP contribution in [0.25, 0.3) is 22.4 Å². The van der Waals surface area contributed by atoms with Crippen LogP contribution in [0.4, 0.5) is 14.9 Å². The number of carbonyl (C=O) groups excluding carboxylic acids is 2. The number of halogens is 1.